The maximum Gasteiger partial charge on any atom is 0.251 e. The molecule has 168 valence electrons. The minimum atomic E-state index is -1.06. The van der Waals surface area contributed by atoms with Crippen molar-refractivity contribution in [2.75, 3.05) is 19.4 Å². The summed E-state index contributed by atoms with van der Waals surface area (Å²) in [7, 11) is -1.06. The van der Waals surface area contributed by atoms with Gasteiger partial charge in [-0.05, 0) is 66.3 Å². The fourth-order valence-corrected chi connectivity index (χ4v) is 4.00. The number of amides is 1. The first-order valence-electron chi connectivity index (χ1n) is 10.7. The number of hydrogen-bond acceptors (Lipinski definition) is 4. The number of carbonyl (C=O) groups is 1. The van der Waals surface area contributed by atoms with Crippen molar-refractivity contribution >= 4 is 16.7 Å². The molecule has 0 bridgehead atoms. The van der Waals surface area contributed by atoms with Crippen LogP contribution in [0.15, 0.2) is 77.7 Å². The Bertz CT molecular complexity index is 1050. The van der Waals surface area contributed by atoms with Gasteiger partial charge in [-0.2, -0.15) is 0 Å². The second-order valence-corrected chi connectivity index (χ2v) is 8.91. The van der Waals surface area contributed by atoms with Crippen LogP contribution in [0.3, 0.4) is 0 Å². The van der Waals surface area contributed by atoms with Crippen LogP contribution in [0.25, 0.3) is 0 Å². The highest BCUT2D eigenvalue weighted by Crippen LogP contribution is 2.25. The van der Waals surface area contributed by atoms with E-state index in [9.17, 15) is 9.00 Å². The summed E-state index contributed by atoms with van der Waals surface area (Å²) in [5.41, 5.74) is 3.79. The molecular formula is C26H29NO4S. The van der Waals surface area contributed by atoms with Crippen LogP contribution in [0.2, 0.25) is 0 Å². The summed E-state index contributed by atoms with van der Waals surface area (Å²) in [6, 6.07) is 23.3. The number of benzene rings is 3. The van der Waals surface area contributed by atoms with Gasteiger partial charge < -0.3 is 15.2 Å². The van der Waals surface area contributed by atoms with Gasteiger partial charge in [0.1, 0.15) is 12.4 Å². The average Bonchev–Trinajstić information content (AvgIpc) is 2.82. The van der Waals surface area contributed by atoms with Crippen LogP contribution in [0, 0.1) is 0 Å². The zero-order chi connectivity index (χ0) is 22.8. The predicted octanol–water partition coefficient (Wildman–Crippen LogP) is 3.90. The molecule has 3 aromatic rings. The molecule has 3 rings (SSSR count). The number of hydrogen-bond donors (Lipinski definition) is 2. The van der Waals surface area contributed by atoms with E-state index in [1.54, 1.807) is 12.3 Å². The fraction of sp³-hybridized carbons (Fsp3) is 0.269. The Morgan fingerprint density at radius 1 is 0.969 bits per heavy atom. The van der Waals surface area contributed by atoms with E-state index in [1.165, 1.54) is 0 Å². The van der Waals surface area contributed by atoms with Crippen molar-refractivity contribution in [3.8, 4) is 5.75 Å². The summed E-state index contributed by atoms with van der Waals surface area (Å²) < 4.78 is 18.1. The third-order valence-corrected chi connectivity index (χ3v) is 6.02. The maximum atomic E-state index is 12.1. The van der Waals surface area contributed by atoms with Gasteiger partial charge in [0.15, 0.2) is 0 Å². The van der Waals surface area contributed by atoms with E-state index in [-0.39, 0.29) is 19.1 Å². The molecule has 0 aliphatic heterocycles. The van der Waals surface area contributed by atoms with Crippen molar-refractivity contribution in [3.63, 3.8) is 0 Å². The number of rotatable bonds is 11. The molecule has 6 heteroatoms. The largest absolute Gasteiger partial charge is 0.489 e. The normalized spacial score (nSPS) is 11.7. The van der Waals surface area contributed by atoms with Crippen LogP contribution in [-0.2, 0) is 30.2 Å². The lowest BCUT2D eigenvalue weighted by Gasteiger charge is -2.13. The molecular weight excluding hydrogens is 422 g/mol. The van der Waals surface area contributed by atoms with Crippen LogP contribution in [0.4, 0.5) is 0 Å². The van der Waals surface area contributed by atoms with Crippen molar-refractivity contribution in [1.29, 1.82) is 0 Å². The Labute approximate surface area is 191 Å². The predicted molar refractivity (Wildman–Crippen MR) is 127 cm³/mol. The molecule has 0 aliphatic rings. The van der Waals surface area contributed by atoms with Crippen LogP contribution in [-0.4, -0.2) is 34.6 Å². The number of aryl methyl sites for hydroxylation is 2. The lowest BCUT2D eigenvalue weighted by atomic mass is 10.0. The van der Waals surface area contributed by atoms with Gasteiger partial charge in [0.2, 0.25) is 0 Å². The Kier molecular flexibility index (Phi) is 9.01. The summed E-state index contributed by atoms with van der Waals surface area (Å²) >= 11 is 0. The second-order valence-electron chi connectivity index (χ2n) is 7.53. The highest BCUT2D eigenvalue weighted by molar-refractivity contribution is 7.84. The van der Waals surface area contributed by atoms with E-state index in [4.69, 9.17) is 9.84 Å². The van der Waals surface area contributed by atoms with E-state index in [2.05, 4.69) is 5.32 Å². The molecule has 0 radical (unpaired) electrons. The highest BCUT2D eigenvalue weighted by atomic mass is 32.2. The summed E-state index contributed by atoms with van der Waals surface area (Å²) in [6.07, 6.45) is 4.12. The number of aliphatic hydroxyl groups is 1. The molecule has 0 spiro atoms. The molecule has 3 aromatic carbocycles. The van der Waals surface area contributed by atoms with E-state index < -0.39 is 10.8 Å². The van der Waals surface area contributed by atoms with Gasteiger partial charge in [-0.3, -0.25) is 9.00 Å². The quantitative estimate of drug-likeness (QED) is 0.464. The molecule has 0 saturated carbocycles. The number of aliphatic hydroxyl groups excluding tert-OH is 1. The summed E-state index contributed by atoms with van der Waals surface area (Å²) in [6.45, 7) is 0.638. The number of nitrogens with one attached hydrogen (secondary N) is 1. The summed E-state index contributed by atoms with van der Waals surface area (Å²) in [5, 5.41) is 11.6. The average molecular weight is 452 g/mol. The molecule has 1 unspecified atom stereocenters. The van der Waals surface area contributed by atoms with Crippen LogP contribution < -0.4 is 10.1 Å². The lowest BCUT2D eigenvalue weighted by Crippen LogP contribution is -2.26. The molecule has 2 N–H and O–H groups in total. The number of carbonyl (C=O) groups excluding carboxylic acids is 1. The smallest absolute Gasteiger partial charge is 0.251 e. The molecule has 0 saturated heterocycles. The first kappa shape index (κ1) is 23.7. The Morgan fingerprint density at radius 2 is 1.75 bits per heavy atom. The first-order valence-corrected chi connectivity index (χ1v) is 12.2. The van der Waals surface area contributed by atoms with E-state index in [0.29, 0.717) is 12.2 Å². The monoisotopic (exact) mass is 451 g/mol. The maximum absolute atomic E-state index is 12.1. The third kappa shape index (κ3) is 7.04. The van der Waals surface area contributed by atoms with Crippen LogP contribution in [0.5, 0.6) is 5.75 Å². The Balaban J connectivity index is 1.66. The Hall–Kier alpha value is -2.96. The minimum Gasteiger partial charge on any atom is -0.489 e. The van der Waals surface area contributed by atoms with Gasteiger partial charge in [-0.15, -0.1) is 0 Å². The molecule has 0 fully saturated rings. The van der Waals surface area contributed by atoms with Crippen molar-refractivity contribution < 1.29 is 18.8 Å². The van der Waals surface area contributed by atoms with Crippen molar-refractivity contribution in [1.82, 2.24) is 5.32 Å². The van der Waals surface area contributed by atoms with Gasteiger partial charge in [0.25, 0.3) is 5.91 Å². The standard InChI is InChI=1S/C26H29NO4S/c1-32(30)24-13-14-25(31-19-21-7-3-2-4-8-21)22(18-24)11-5-9-20-10-6-12-23(17-20)26(29)27-15-16-28/h2-4,6-8,10,12-14,17-18,28H,5,9,11,15-16,19H2,1H3,(H,27,29). The molecule has 0 aromatic heterocycles. The van der Waals surface area contributed by atoms with Crippen LogP contribution in [0.1, 0.15) is 33.5 Å². The van der Waals surface area contributed by atoms with Crippen molar-refractivity contribution in [3.05, 3.63) is 95.1 Å². The van der Waals surface area contributed by atoms with Gasteiger partial charge >= 0.3 is 0 Å². The van der Waals surface area contributed by atoms with Gasteiger partial charge in [-0.25, -0.2) is 0 Å². The lowest BCUT2D eigenvalue weighted by molar-refractivity contribution is 0.0944. The van der Waals surface area contributed by atoms with Crippen LogP contribution >= 0.6 is 0 Å². The molecule has 0 heterocycles. The van der Waals surface area contributed by atoms with E-state index >= 15 is 0 Å². The first-order chi connectivity index (χ1) is 15.6. The zero-order valence-corrected chi connectivity index (χ0v) is 19.1. The highest BCUT2D eigenvalue weighted by Gasteiger charge is 2.10. The van der Waals surface area contributed by atoms with Crippen molar-refractivity contribution in [2.45, 2.75) is 30.8 Å². The SMILES string of the molecule is CS(=O)c1ccc(OCc2ccccc2)c(CCCc2cccc(C(=O)NCCO)c2)c1. The van der Waals surface area contributed by atoms with Crippen molar-refractivity contribution in [2.24, 2.45) is 0 Å². The molecule has 32 heavy (non-hydrogen) atoms. The van der Waals surface area contributed by atoms with Gasteiger partial charge in [-0.1, -0.05) is 42.5 Å². The molecule has 5 nitrogen and oxygen atoms in total. The third-order valence-electron chi connectivity index (χ3n) is 5.10. The number of ether oxygens (including phenoxy) is 1. The van der Waals surface area contributed by atoms with E-state index in [0.717, 1.165) is 46.6 Å². The zero-order valence-electron chi connectivity index (χ0n) is 18.3. The Morgan fingerprint density at radius 3 is 2.50 bits per heavy atom. The van der Waals surface area contributed by atoms with Gasteiger partial charge in [0.05, 0.1) is 6.61 Å². The van der Waals surface area contributed by atoms with Gasteiger partial charge in [0, 0.05) is 34.1 Å². The second kappa shape index (κ2) is 12.2. The van der Waals surface area contributed by atoms with E-state index in [1.807, 2.05) is 66.7 Å². The topological polar surface area (TPSA) is 75.6 Å². The minimum absolute atomic E-state index is 0.0816. The molecule has 0 aliphatic carbocycles. The fourth-order valence-electron chi connectivity index (χ4n) is 3.43. The molecule has 1 amide bonds. The molecule has 1 atom stereocenters. The summed E-state index contributed by atoms with van der Waals surface area (Å²) in [4.78, 5) is 12.9. The summed E-state index contributed by atoms with van der Waals surface area (Å²) in [5.74, 6) is 0.621.